The van der Waals surface area contributed by atoms with Gasteiger partial charge in [0.25, 0.3) is 0 Å². The Morgan fingerprint density at radius 3 is 1.94 bits per heavy atom. The Kier molecular flexibility index (Phi) is 5.60. The number of hydrogen-bond donors (Lipinski definition) is 0. The lowest BCUT2D eigenvalue weighted by Crippen LogP contribution is -2.14. The Labute approximate surface area is 306 Å². The number of rotatable bonds is 3. The zero-order valence-corrected chi connectivity index (χ0v) is 29.4. The number of nitrogens with zero attached hydrogens (tertiary/aromatic N) is 1. The van der Waals surface area contributed by atoms with Gasteiger partial charge in [-0.25, -0.2) is 0 Å². The maximum atomic E-state index is 6.32. The van der Waals surface area contributed by atoms with Gasteiger partial charge in [0, 0.05) is 32.8 Å². The molecule has 1 aliphatic carbocycles. The topological polar surface area (TPSA) is 18.1 Å². The molecule has 0 amide bonds. The van der Waals surface area contributed by atoms with E-state index < -0.39 is 0 Å². The van der Waals surface area contributed by atoms with E-state index in [0.29, 0.717) is 0 Å². The third-order valence-corrected chi connectivity index (χ3v) is 12.1. The molecule has 12 rings (SSSR count). The predicted molar refractivity (Wildman–Crippen MR) is 223 cm³/mol. The Morgan fingerprint density at radius 1 is 0.453 bits per heavy atom. The molecule has 0 bridgehead atoms. The molecule has 0 unspecified atom stereocenters. The average Bonchev–Trinajstić information content (AvgIpc) is 3.83. The molecular formula is C51H33NO. The molecule has 0 fully saturated rings. The third kappa shape index (κ3) is 3.77. The molecule has 0 saturated carbocycles. The first kappa shape index (κ1) is 29.0. The maximum Gasteiger partial charge on any atom is 0.136 e. The molecule has 0 radical (unpaired) electrons. The lowest BCUT2D eigenvalue weighted by atomic mass is 9.81. The summed E-state index contributed by atoms with van der Waals surface area (Å²) in [6.07, 6.45) is 0. The molecule has 53 heavy (non-hydrogen) atoms. The summed E-state index contributed by atoms with van der Waals surface area (Å²) >= 11 is 0. The predicted octanol–water partition coefficient (Wildman–Crippen LogP) is 14.1. The molecule has 248 valence electrons. The number of para-hydroxylation sites is 2. The van der Waals surface area contributed by atoms with Gasteiger partial charge in [-0.1, -0.05) is 141 Å². The van der Waals surface area contributed by atoms with Crippen LogP contribution < -0.4 is 0 Å². The molecule has 1 aliphatic rings. The molecule has 0 atom stereocenters. The highest BCUT2D eigenvalue weighted by Crippen LogP contribution is 2.54. The van der Waals surface area contributed by atoms with Crippen molar-refractivity contribution < 1.29 is 4.42 Å². The van der Waals surface area contributed by atoms with Crippen LogP contribution in [0.15, 0.2) is 168 Å². The van der Waals surface area contributed by atoms with Gasteiger partial charge in [-0.2, -0.15) is 0 Å². The van der Waals surface area contributed by atoms with Crippen LogP contribution in [0.1, 0.15) is 25.0 Å². The number of aromatic nitrogens is 1. The van der Waals surface area contributed by atoms with Gasteiger partial charge in [-0.05, 0) is 102 Å². The van der Waals surface area contributed by atoms with Gasteiger partial charge < -0.3 is 8.98 Å². The first-order valence-corrected chi connectivity index (χ1v) is 18.5. The van der Waals surface area contributed by atoms with Crippen molar-refractivity contribution in [2.75, 3.05) is 0 Å². The number of fused-ring (bicyclic) bond motifs is 8. The summed E-state index contributed by atoms with van der Waals surface area (Å²) in [5.41, 5.74) is 14.5. The van der Waals surface area contributed by atoms with Crippen LogP contribution in [-0.2, 0) is 5.41 Å². The molecule has 2 nitrogen and oxygen atoms in total. The smallest absolute Gasteiger partial charge is 0.136 e. The van der Waals surface area contributed by atoms with E-state index in [4.69, 9.17) is 4.42 Å². The minimum absolute atomic E-state index is 0.134. The lowest BCUT2D eigenvalue weighted by Gasteiger charge is -2.21. The number of furan rings is 1. The first-order valence-electron chi connectivity index (χ1n) is 18.5. The second-order valence-corrected chi connectivity index (χ2v) is 15.2. The highest BCUT2D eigenvalue weighted by molar-refractivity contribution is 6.29. The zero-order chi connectivity index (χ0) is 35.0. The Hall–Kier alpha value is -6.64. The molecule has 2 heteroatoms. The minimum Gasteiger partial charge on any atom is -0.456 e. The van der Waals surface area contributed by atoms with Gasteiger partial charge in [0.1, 0.15) is 11.2 Å². The highest BCUT2D eigenvalue weighted by Gasteiger charge is 2.40. The molecule has 0 aliphatic heterocycles. The van der Waals surface area contributed by atoms with Crippen LogP contribution in [0.3, 0.4) is 0 Å². The molecular weight excluding hydrogens is 643 g/mol. The first-order chi connectivity index (χ1) is 26.1. The van der Waals surface area contributed by atoms with E-state index in [1.807, 2.05) is 6.07 Å². The molecule has 0 spiro atoms. The van der Waals surface area contributed by atoms with Crippen molar-refractivity contribution in [3.05, 3.63) is 175 Å². The van der Waals surface area contributed by atoms with Crippen molar-refractivity contribution in [2.45, 2.75) is 19.3 Å². The van der Waals surface area contributed by atoms with Crippen molar-refractivity contribution in [3.8, 4) is 39.2 Å². The van der Waals surface area contributed by atoms with Crippen LogP contribution >= 0.6 is 0 Å². The van der Waals surface area contributed by atoms with E-state index in [0.717, 1.165) is 16.6 Å². The van der Waals surface area contributed by atoms with Gasteiger partial charge in [0.15, 0.2) is 0 Å². The van der Waals surface area contributed by atoms with Crippen molar-refractivity contribution in [2.24, 2.45) is 0 Å². The lowest BCUT2D eigenvalue weighted by molar-refractivity contribution is 0.666. The molecule has 0 N–H and O–H groups in total. The summed E-state index contributed by atoms with van der Waals surface area (Å²) < 4.78 is 8.80. The zero-order valence-electron chi connectivity index (χ0n) is 29.4. The van der Waals surface area contributed by atoms with E-state index in [1.54, 1.807) is 0 Å². The summed E-state index contributed by atoms with van der Waals surface area (Å²) in [6.45, 7) is 4.78. The van der Waals surface area contributed by atoms with Crippen molar-refractivity contribution in [1.82, 2.24) is 4.57 Å². The van der Waals surface area contributed by atoms with E-state index in [2.05, 4.69) is 176 Å². The van der Waals surface area contributed by atoms with Crippen LogP contribution in [0, 0.1) is 0 Å². The van der Waals surface area contributed by atoms with Gasteiger partial charge in [0.05, 0.1) is 11.2 Å². The fraction of sp³-hybridized carbons (Fsp3) is 0.0588. The Bertz CT molecular complexity index is 3300. The quantitative estimate of drug-likeness (QED) is 0.171. The van der Waals surface area contributed by atoms with Crippen molar-refractivity contribution in [3.63, 3.8) is 0 Å². The maximum absolute atomic E-state index is 6.32. The van der Waals surface area contributed by atoms with Crippen LogP contribution in [0.2, 0.25) is 0 Å². The molecule has 9 aromatic carbocycles. The second-order valence-electron chi connectivity index (χ2n) is 15.2. The van der Waals surface area contributed by atoms with Crippen molar-refractivity contribution in [1.29, 1.82) is 0 Å². The average molecular weight is 676 g/mol. The van der Waals surface area contributed by atoms with Crippen LogP contribution in [-0.4, -0.2) is 4.57 Å². The van der Waals surface area contributed by atoms with E-state index in [-0.39, 0.29) is 5.41 Å². The molecule has 2 heterocycles. The van der Waals surface area contributed by atoms with Gasteiger partial charge >= 0.3 is 0 Å². The van der Waals surface area contributed by atoms with Crippen LogP contribution in [0.5, 0.6) is 0 Å². The number of benzene rings is 9. The normalized spacial score (nSPS) is 13.6. The standard InChI is InChI=1S/C51H33NO/c1-51(2)42-16-8-6-13-39(42)50-49(51)41-29-32(23-28-43(41)52(50)33-11-4-3-5-12-33)34-24-19-30-22-27-38-35(25-20-31-21-26-37(34)46(30)47(31)38)36-15-10-18-45-48(36)40-14-7-9-17-44(40)53-45/h3-29H,1-2H3. The van der Waals surface area contributed by atoms with Crippen LogP contribution in [0.4, 0.5) is 0 Å². The third-order valence-electron chi connectivity index (χ3n) is 12.1. The SMILES string of the molecule is CC1(C)c2ccccc2-c2c1c1cc(-c3ccc4ccc5c(-c6cccc7oc8ccccc8c67)ccc6ccc3c4c65)ccc1n2-c1ccccc1. The largest absolute Gasteiger partial charge is 0.456 e. The van der Waals surface area contributed by atoms with Gasteiger partial charge in [0.2, 0.25) is 0 Å². The summed E-state index contributed by atoms with van der Waals surface area (Å²) in [7, 11) is 0. The summed E-state index contributed by atoms with van der Waals surface area (Å²) in [5.74, 6) is 0. The fourth-order valence-electron chi connectivity index (χ4n) is 9.85. The molecule has 0 saturated heterocycles. The molecule has 11 aromatic rings. The van der Waals surface area contributed by atoms with E-state index in [9.17, 15) is 0 Å². The monoisotopic (exact) mass is 675 g/mol. The summed E-state index contributed by atoms with van der Waals surface area (Å²) in [5, 5.41) is 11.4. The Morgan fingerprint density at radius 2 is 1.11 bits per heavy atom. The Balaban J connectivity index is 1.12. The summed E-state index contributed by atoms with van der Waals surface area (Å²) in [4.78, 5) is 0. The van der Waals surface area contributed by atoms with Gasteiger partial charge in [-0.3, -0.25) is 0 Å². The number of hydrogen-bond acceptors (Lipinski definition) is 1. The van der Waals surface area contributed by atoms with Crippen molar-refractivity contribution >= 4 is 65.2 Å². The van der Waals surface area contributed by atoms with E-state index >= 15 is 0 Å². The summed E-state index contributed by atoms with van der Waals surface area (Å²) in [6, 6.07) is 60.3. The fourth-order valence-corrected chi connectivity index (χ4v) is 9.85. The second kappa shape index (κ2) is 10.2. The van der Waals surface area contributed by atoms with Gasteiger partial charge in [-0.15, -0.1) is 0 Å². The molecule has 2 aromatic heterocycles. The highest BCUT2D eigenvalue weighted by atomic mass is 16.3. The van der Waals surface area contributed by atoms with E-state index in [1.165, 1.54) is 98.9 Å². The minimum atomic E-state index is -0.134. The van der Waals surface area contributed by atoms with Crippen LogP contribution in [0.25, 0.3) is 104 Å².